The predicted octanol–water partition coefficient (Wildman–Crippen LogP) is 0.503. The molecule has 0 heterocycles. The second-order valence-corrected chi connectivity index (χ2v) is 3.54. The van der Waals surface area contributed by atoms with Crippen LogP contribution in [0.2, 0.25) is 0 Å². The summed E-state index contributed by atoms with van der Waals surface area (Å²) in [5.41, 5.74) is -2.60. The Hall–Kier alpha value is -2.11. The zero-order valence-corrected chi connectivity index (χ0v) is 8.27. The third-order valence-electron chi connectivity index (χ3n) is 2.59. The molecule has 3 N–H and O–H groups in total. The van der Waals surface area contributed by atoms with E-state index in [1.165, 1.54) is 0 Å². The van der Waals surface area contributed by atoms with Crippen LogP contribution in [0.1, 0.15) is 12.8 Å². The van der Waals surface area contributed by atoms with E-state index in [9.17, 15) is 14.4 Å². The highest BCUT2D eigenvalue weighted by Gasteiger charge is 2.53. The molecule has 6 nitrogen and oxygen atoms in total. The zero-order chi connectivity index (χ0) is 12.5. The van der Waals surface area contributed by atoms with E-state index in [1.807, 2.05) is 0 Å². The predicted molar refractivity (Wildman–Crippen MR) is 51.8 cm³/mol. The Kier molecular flexibility index (Phi) is 2.84. The maximum Gasteiger partial charge on any atom is 0.333 e. The Bertz CT molecular complexity index is 403. The molecular formula is C10H10O6. The van der Waals surface area contributed by atoms with Crippen molar-refractivity contribution in [3.63, 3.8) is 0 Å². The van der Waals surface area contributed by atoms with E-state index in [0.29, 0.717) is 5.57 Å². The Balaban J connectivity index is 3.44. The van der Waals surface area contributed by atoms with E-state index < -0.39 is 28.9 Å². The van der Waals surface area contributed by atoms with Gasteiger partial charge >= 0.3 is 17.9 Å². The minimum Gasteiger partial charge on any atom is -0.480 e. The van der Waals surface area contributed by atoms with E-state index in [0.717, 1.165) is 6.08 Å². The van der Waals surface area contributed by atoms with Crippen LogP contribution in [0.5, 0.6) is 0 Å². The fraction of sp³-hybridized carbons (Fsp3) is 0.300. The van der Waals surface area contributed by atoms with Crippen LogP contribution in [0.25, 0.3) is 0 Å². The van der Waals surface area contributed by atoms with Crippen LogP contribution >= 0.6 is 0 Å². The highest BCUT2D eigenvalue weighted by Crippen LogP contribution is 2.39. The number of carbonyl (C=O) groups is 3. The molecule has 0 radical (unpaired) electrons. The number of rotatable bonds is 3. The number of aliphatic carboxylic acids is 3. The van der Waals surface area contributed by atoms with Crippen LogP contribution in [-0.4, -0.2) is 33.2 Å². The molecule has 6 heteroatoms. The quantitative estimate of drug-likeness (QED) is 0.604. The largest absolute Gasteiger partial charge is 0.480 e. The van der Waals surface area contributed by atoms with Crippen molar-refractivity contribution < 1.29 is 29.7 Å². The van der Waals surface area contributed by atoms with Crippen LogP contribution < -0.4 is 0 Å². The van der Waals surface area contributed by atoms with Gasteiger partial charge in [-0.15, -0.1) is 0 Å². The Morgan fingerprint density at radius 3 is 2.06 bits per heavy atom. The molecule has 0 bridgehead atoms. The van der Waals surface area contributed by atoms with Gasteiger partial charge in [-0.25, -0.2) is 4.79 Å². The van der Waals surface area contributed by atoms with Crippen molar-refractivity contribution in [3.05, 3.63) is 23.8 Å². The zero-order valence-electron chi connectivity index (χ0n) is 8.27. The SMILES string of the molecule is C=C1C=C(C(=O)O)C(C(=O)O)(C(=O)O)CC1. The molecule has 1 aliphatic rings. The lowest BCUT2D eigenvalue weighted by molar-refractivity contribution is -0.164. The fourth-order valence-electron chi connectivity index (χ4n) is 1.66. The van der Waals surface area contributed by atoms with Gasteiger partial charge < -0.3 is 15.3 Å². The van der Waals surface area contributed by atoms with Gasteiger partial charge in [0.2, 0.25) is 0 Å². The maximum absolute atomic E-state index is 11.0. The first-order valence-electron chi connectivity index (χ1n) is 4.42. The van der Waals surface area contributed by atoms with Crippen molar-refractivity contribution >= 4 is 17.9 Å². The van der Waals surface area contributed by atoms with Gasteiger partial charge in [-0.2, -0.15) is 0 Å². The molecule has 1 rings (SSSR count). The number of carboxylic acid groups (broad SMARTS) is 3. The molecule has 16 heavy (non-hydrogen) atoms. The number of carboxylic acids is 3. The first-order valence-corrected chi connectivity index (χ1v) is 4.42. The first-order chi connectivity index (χ1) is 7.32. The molecule has 0 saturated heterocycles. The third-order valence-corrected chi connectivity index (χ3v) is 2.59. The summed E-state index contributed by atoms with van der Waals surface area (Å²) in [6, 6.07) is 0. The molecular weight excluding hydrogens is 216 g/mol. The molecule has 0 aromatic carbocycles. The average molecular weight is 226 g/mol. The van der Waals surface area contributed by atoms with Crippen molar-refractivity contribution in [2.24, 2.45) is 5.41 Å². The third kappa shape index (κ3) is 1.58. The Labute approximate surface area is 90.5 Å². The van der Waals surface area contributed by atoms with Gasteiger partial charge in [0.05, 0.1) is 5.57 Å². The number of hydrogen-bond acceptors (Lipinski definition) is 3. The average Bonchev–Trinajstić information content (AvgIpc) is 2.16. The van der Waals surface area contributed by atoms with Crippen LogP contribution in [-0.2, 0) is 14.4 Å². The molecule has 0 fully saturated rings. The van der Waals surface area contributed by atoms with Crippen LogP contribution in [0.15, 0.2) is 23.8 Å². The number of allylic oxidation sites excluding steroid dienone is 2. The molecule has 0 saturated carbocycles. The monoisotopic (exact) mass is 226 g/mol. The normalized spacial score (nSPS) is 18.8. The molecule has 0 aliphatic heterocycles. The van der Waals surface area contributed by atoms with Crippen molar-refractivity contribution in [3.8, 4) is 0 Å². The molecule has 0 amide bonds. The lowest BCUT2D eigenvalue weighted by Crippen LogP contribution is -2.45. The van der Waals surface area contributed by atoms with Crippen molar-refractivity contribution in [2.75, 3.05) is 0 Å². The number of hydrogen-bond donors (Lipinski definition) is 3. The van der Waals surface area contributed by atoms with Gasteiger partial charge in [-0.3, -0.25) is 9.59 Å². The minimum absolute atomic E-state index is 0.148. The second kappa shape index (κ2) is 3.80. The summed E-state index contributed by atoms with van der Waals surface area (Å²) in [5.74, 6) is -4.88. The van der Waals surface area contributed by atoms with E-state index in [-0.39, 0.29) is 12.8 Å². The van der Waals surface area contributed by atoms with Gasteiger partial charge in [0, 0.05) is 0 Å². The summed E-state index contributed by atoms with van der Waals surface area (Å²) in [4.78, 5) is 32.9. The summed E-state index contributed by atoms with van der Waals surface area (Å²) >= 11 is 0. The Morgan fingerprint density at radius 2 is 1.69 bits per heavy atom. The summed E-state index contributed by atoms with van der Waals surface area (Å²) < 4.78 is 0. The van der Waals surface area contributed by atoms with E-state index in [1.54, 1.807) is 0 Å². The molecule has 1 aliphatic carbocycles. The van der Waals surface area contributed by atoms with Crippen LogP contribution in [0, 0.1) is 5.41 Å². The second-order valence-electron chi connectivity index (χ2n) is 3.54. The van der Waals surface area contributed by atoms with Crippen LogP contribution in [0.4, 0.5) is 0 Å². The van der Waals surface area contributed by atoms with Gasteiger partial charge in [-0.1, -0.05) is 12.2 Å². The summed E-state index contributed by atoms with van der Waals surface area (Å²) in [6.07, 6.45) is 0.873. The van der Waals surface area contributed by atoms with Gasteiger partial charge in [0.15, 0.2) is 5.41 Å². The highest BCUT2D eigenvalue weighted by molar-refractivity contribution is 6.10. The topological polar surface area (TPSA) is 112 Å². The highest BCUT2D eigenvalue weighted by atomic mass is 16.4. The smallest absolute Gasteiger partial charge is 0.333 e. The van der Waals surface area contributed by atoms with E-state index in [2.05, 4.69) is 6.58 Å². The summed E-state index contributed by atoms with van der Waals surface area (Å²) in [7, 11) is 0. The van der Waals surface area contributed by atoms with E-state index in [4.69, 9.17) is 15.3 Å². The first kappa shape index (κ1) is 12.0. The molecule has 0 aromatic rings. The lowest BCUT2D eigenvalue weighted by Gasteiger charge is -2.29. The minimum atomic E-state index is -2.37. The van der Waals surface area contributed by atoms with Crippen LogP contribution in [0.3, 0.4) is 0 Å². The maximum atomic E-state index is 11.0. The standard InChI is InChI=1S/C10H10O6/c1-5-2-3-10(8(13)14,9(15)16)6(4-5)7(11)12/h4H,1-3H2,(H,11,12)(H,13,14)(H,15,16). The molecule has 86 valence electrons. The van der Waals surface area contributed by atoms with Gasteiger partial charge in [0.1, 0.15) is 0 Å². The van der Waals surface area contributed by atoms with Gasteiger partial charge in [-0.05, 0) is 18.9 Å². The summed E-state index contributed by atoms with van der Waals surface area (Å²) in [5, 5.41) is 26.8. The lowest BCUT2D eigenvalue weighted by atomic mass is 9.71. The summed E-state index contributed by atoms with van der Waals surface area (Å²) in [6.45, 7) is 3.51. The van der Waals surface area contributed by atoms with E-state index >= 15 is 0 Å². The fourth-order valence-corrected chi connectivity index (χ4v) is 1.66. The molecule has 0 spiro atoms. The Morgan fingerprint density at radius 1 is 1.19 bits per heavy atom. The molecule has 0 aromatic heterocycles. The van der Waals surface area contributed by atoms with Crippen molar-refractivity contribution in [1.82, 2.24) is 0 Å². The molecule has 0 atom stereocenters. The van der Waals surface area contributed by atoms with Crippen molar-refractivity contribution in [1.29, 1.82) is 0 Å². The van der Waals surface area contributed by atoms with Crippen molar-refractivity contribution in [2.45, 2.75) is 12.8 Å². The van der Waals surface area contributed by atoms with Gasteiger partial charge in [0.25, 0.3) is 0 Å². The molecule has 0 unspecified atom stereocenters.